The summed E-state index contributed by atoms with van der Waals surface area (Å²) < 4.78 is 16.2. The first kappa shape index (κ1) is 14.6. The molecule has 1 saturated carbocycles. The molecule has 3 saturated heterocycles. The number of nitrogens with one attached hydrogen (secondary N) is 2. The summed E-state index contributed by atoms with van der Waals surface area (Å²) in [6, 6.07) is 1.30. The minimum absolute atomic E-state index is 0.187. The fourth-order valence-corrected chi connectivity index (χ4v) is 4.23. The maximum Gasteiger partial charge on any atom is 0.321 e. The fourth-order valence-electron chi connectivity index (χ4n) is 4.23. The summed E-state index contributed by atoms with van der Waals surface area (Å²) in [5, 5.41) is 9.33. The number of alkyl halides is 1. The molecule has 3 amide bonds. The Kier molecular flexibility index (Phi) is 2.87. The van der Waals surface area contributed by atoms with Crippen LogP contribution in [-0.4, -0.2) is 51.8 Å². The SMILES string of the molecule is O=C1NCC(c2cc(N3CC4CC(F)(C4)C3)c3nccn3n2)C(=O)N1. The Labute approximate surface area is 142 Å². The van der Waals surface area contributed by atoms with Gasteiger partial charge in [-0.3, -0.25) is 10.1 Å². The molecule has 4 aliphatic rings. The van der Waals surface area contributed by atoms with Crippen LogP contribution in [0.5, 0.6) is 0 Å². The Morgan fingerprint density at radius 2 is 2.16 bits per heavy atom. The lowest BCUT2D eigenvalue weighted by Crippen LogP contribution is -2.59. The van der Waals surface area contributed by atoms with Crippen LogP contribution in [0.2, 0.25) is 0 Å². The maximum atomic E-state index is 14.6. The summed E-state index contributed by atoms with van der Waals surface area (Å²) >= 11 is 0. The maximum absolute atomic E-state index is 14.6. The van der Waals surface area contributed by atoms with Crippen LogP contribution in [0.15, 0.2) is 18.5 Å². The minimum Gasteiger partial charge on any atom is -0.365 e. The molecule has 0 radical (unpaired) electrons. The van der Waals surface area contributed by atoms with Gasteiger partial charge in [0.05, 0.1) is 23.8 Å². The van der Waals surface area contributed by atoms with Crippen molar-refractivity contribution in [2.24, 2.45) is 5.92 Å². The molecule has 4 fully saturated rings. The van der Waals surface area contributed by atoms with Crippen molar-refractivity contribution in [2.45, 2.75) is 24.4 Å². The standard InChI is InChI=1S/C16H17FN6O2/c17-16-4-9(5-16)7-22(8-16)12-3-11(21-23-2-1-18-13(12)23)10-6-19-15(25)20-14(10)24/h1-3,9-10H,4-8H2,(H2,19,20,24,25). The molecule has 2 aromatic rings. The van der Waals surface area contributed by atoms with Gasteiger partial charge in [0.15, 0.2) is 5.65 Å². The van der Waals surface area contributed by atoms with Crippen molar-refractivity contribution in [2.75, 3.05) is 24.5 Å². The molecule has 0 aromatic carbocycles. The molecule has 0 spiro atoms. The average molecular weight is 344 g/mol. The summed E-state index contributed by atoms with van der Waals surface area (Å²) in [6.07, 6.45) is 4.60. The van der Waals surface area contributed by atoms with Crippen LogP contribution >= 0.6 is 0 Å². The molecule has 1 aliphatic carbocycles. The van der Waals surface area contributed by atoms with E-state index in [2.05, 4.69) is 20.7 Å². The van der Waals surface area contributed by atoms with Gasteiger partial charge in [-0.1, -0.05) is 0 Å². The summed E-state index contributed by atoms with van der Waals surface area (Å²) in [6.45, 7) is 1.31. The van der Waals surface area contributed by atoms with E-state index < -0.39 is 17.6 Å². The van der Waals surface area contributed by atoms with Crippen LogP contribution in [0.4, 0.5) is 14.9 Å². The first-order valence-electron chi connectivity index (χ1n) is 8.38. The molecule has 5 heterocycles. The molecule has 2 bridgehead atoms. The van der Waals surface area contributed by atoms with Crippen LogP contribution < -0.4 is 15.5 Å². The number of imide groups is 1. The highest BCUT2D eigenvalue weighted by Gasteiger charge is 2.51. The number of carbonyl (C=O) groups excluding carboxylic acids is 2. The number of halogens is 1. The summed E-state index contributed by atoms with van der Waals surface area (Å²) in [7, 11) is 0. The zero-order valence-electron chi connectivity index (χ0n) is 13.4. The normalized spacial score (nSPS) is 31.5. The number of hydrogen-bond acceptors (Lipinski definition) is 5. The third-order valence-corrected chi connectivity index (χ3v) is 5.34. The van der Waals surface area contributed by atoms with E-state index >= 15 is 0 Å². The Balaban J connectivity index is 1.55. The zero-order valence-corrected chi connectivity index (χ0v) is 13.4. The van der Waals surface area contributed by atoms with Gasteiger partial charge >= 0.3 is 6.03 Å². The topological polar surface area (TPSA) is 91.6 Å². The fraction of sp³-hybridized carbons (Fsp3) is 0.500. The number of rotatable bonds is 2. The van der Waals surface area contributed by atoms with Crippen LogP contribution in [-0.2, 0) is 4.79 Å². The summed E-state index contributed by atoms with van der Waals surface area (Å²) in [4.78, 5) is 29.8. The Morgan fingerprint density at radius 3 is 2.92 bits per heavy atom. The highest BCUT2D eigenvalue weighted by molar-refractivity contribution is 6.00. The Hall–Kier alpha value is -2.71. The number of urea groups is 1. The van der Waals surface area contributed by atoms with Gasteiger partial charge in [0, 0.05) is 25.5 Å². The highest BCUT2D eigenvalue weighted by Crippen LogP contribution is 2.47. The monoisotopic (exact) mass is 344 g/mol. The van der Waals surface area contributed by atoms with Gasteiger partial charge in [-0.25, -0.2) is 18.7 Å². The van der Waals surface area contributed by atoms with Crippen molar-refractivity contribution in [3.63, 3.8) is 0 Å². The predicted molar refractivity (Wildman–Crippen MR) is 86.0 cm³/mol. The van der Waals surface area contributed by atoms with Crippen molar-refractivity contribution in [3.8, 4) is 0 Å². The van der Waals surface area contributed by atoms with E-state index in [0.29, 0.717) is 36.6 Å². The van der Waals surface area contributed by atoms with Crippen LogP contribution in [0.3, 0.4) is 0 Å². The van der Waals surface area contributed by atoms with Gasteiger partial charge < -0.3 is 10.2 Å². The van der Waals surface area contributed by atoms with E-state index in [9.17, 15) is 14.0 Å². The quantitative estimate of drug-likeness (QED) is 0.832. The van der Waals surface area contributed by atoms with E-state index in [1.165, 1.54) is 0 Å². The smallest absolute Gasteiger partial charge is 0.321 e. The number of hydrogen-bond donors (Lipinski definition) is 2. The van der Waals surface area contributed by atoms with Crippen LogP contribution in [0, 0.1) is 5.92 Å². The van der Waals surface area contributed by atoms with Crippen LogP contribution in [0.1, 0.15) is 24.5 Å². The Morgan fingerprint density at radius 1 is 1.32 bits per heavy atom. The number of piperidine rings is 2. The van der Waals surface area contributed by atoms with Gasteiger partial charge in [-0.15, -0.1) is 0 Å². The molecule has 9 heteroatoms. The third-order valence-electron chi connectivity index (χ3n) is 5.34. The number of aromatic nitrogens is 3. The molecule has 1 atom stereocenters. The molecular weight excluding hydrogens is 327 g/mol. The van der Waals surface area contributed by atoms with Crippen molar-refractivity contribution in [3.05, 3.63) is 24.2 Å². The molecule has 6 rings (SSSR count). The van der Waals surface area contributed by atoms with Gasteiger partial charge in [0.2, 0.25) is 5.91 Å². The van der Waals surface area contributed by atoms with Gasteiger partial charge in [0.25, 0.3) is 0 Å². The lowest BCUT2D eigenvalue weighted by molar-refractivity contribution is -0.122. The molecule has 130 valence electrons. The van der Waals surface area contributed by atoms with Gasteiger partial charge in [-0.05, 0) is 24.8 Å². The zero-order chi connectivity index (χ0) is 17.2. The van der Waals surface area contributed by atoms with Crippen molar-refractivity contribution >= 4 is 23.3 Å². The first-order valence-corrected chi connectivity index (χ1v) is 8.38. The first-order chi connectivity index (χ1) is 12.0. The number of amides is 3. The number of imidazole rings is 1. The van der Waals surface area contributed by atoms with Crippen LogP contribution in [0.25, 0.3) is 5.65 Å². The van der Waals surface area contributed by atoms with Crippen molar-refractivity contribution in [1.82, 2.24) is 25.2 Å². The van der Waals surface area contributed by atoms with E-state index in [0.717, 1.165) is 12.2 Å². The number of nitrogens with zero attached hydrogens (tertiary/aromatic N) is 4. The number of anilines is 1. The van der Waals surface area contributed by atoms with E-state index in [1.54, 1.807) is 23.0 Å². The molecule has 1 unspecified atom stereocenters. The lowest BCUT2D eigenvalue weighted by atomic mass is 9.68. The molecule has 2 N–H and O–H groups in total. The second-order valence-electron chi connectivity index (χ2n) is 7.21. The van der Waals surface area contributed by atoms with E-state index in [1.807, 2.05) is 4.90 Å². The molecule has 25 heavy (non-hydrogen) atoms. The lowest BCUT2D eigenvalue weighted by Gasteiger charge is -2.52. The van der Waals surface area contributed by atoms with E-state index in [4.69, 9.17) is 0 Å². The third kappa shape index (κ3) is 2.25. The Bertz CT molecular complexity index is 890. The predicted octanol–water partition coefficient (Wildman–Crippen LogP) is 0.591. The molecular formula is C16H17FN6O2. The second-order valence-corrected chi connectivity index (χ2v) is 7.21. The minimum atomic E-state index is -1.12. The second kappa shape index (κ2) is 4.90. The molecule has 3 aliphatic heterocycles. The largest absolute Gasteiger partial charge is 0.365 e. The number of fused-ring (bicyclic) bond motifs is 3. The van der Waals surface area contributed by atoms with Gasteiger partial charge in [0.1, 0.15) is 5.67 Å². The molecule has 8 nitrogen and oxygen atoms in total. The molecule has 2 aromatic heterocycles. The summed E-state index contributed by atoms with van der Waals surface area (Å²) in [5.41, 5.74) is 0.844. The van der Waals surface area contributed by atoms with Crippen molar-refractivity contribution < 1.29 is 14.0 Å². The average Bonchev–Trinajstić information content (AvgIpc) is 3.01. The van der Waals surface area contributed by atoms with Crippen molar-refractivity contribution in [1.29, 1.82) is 0 Å². The summed E-state index contributed by atoms with van der Waals surface area (Å²) in [5.74, 6) is -0.602. The van der Waals surface area contributed by atoms with Gasteiger partial charge in [-0.2, -0.15) is 5.10 Å². The van der Waals surface area contributed by atoms with E-state index in [-0.39, 0.29) is 12.5 Å². The number of carbonyl (C=O) groups is 2. The highest BCUT2D eigenvalue weighted by atomic mass is 19.1.